The van der Waals surface area contributed by atoms with E-state index in [4.69, 9.17) is 9.39 Å². The first-order chi connectivity index (χ1) is 12.9. The van der Waals surface area contributed by atoms with Crippen LogP contribution in [0.5, 0.6) is 5.88 Å². The summed E-state index contributed by atoms with van der Waals surface area (Å²) < 4.78 is 38.7. The Hall–Kier alpha value is -2.10. The molecule has 2 aromatic rings. The average Bonchev–Trinajstić information content (AvgIpc) is 2.60. The van der Waals surface area contributed by atoms with Gasteiger partial charge < -0.3 is 14.4 Å². The van der Waals surface area contributed by atoms with Gasteiger partial charge in [0.05, 0.1) is 17.6 Å². The molecule has 2 N–H and O–H groups in total. The topological polar surface area (TPSA) is 97.8 Å². The van der Waals surface area contributed by atoms with E-state index in [0.717, 1.165) is 0 Å². The van der Waals surface area contributed by atoms with Crippen LogP contribution in [-0.4, -0.2) is 38.3 Å². The SMILES string of the molecule is COc1ncc(B(O)OC(C)(C)C(C)(C)C)cc1NS(=O)(=O)c1ccccc1. The maximum atomic E-state index is 12.6. The van der Waals surface area contributed by atoms with Crippen molar-refractivity contribution in [3.8, 4) is 5.88 Å². The molecule has 0 atom stereocenters. The number of hydrogen-bond donors (Lipinski definition) is 2. The highest BCUT2D eigenvalue weighted by atomic mass is 32.2. The first kappa shape index (κ1) is 22.2. The first-order valence-electron chi connectivity index (χ1n) is 8.85. The minimum atomic E-state index is -3.84. The summed E-state index contributed by atoms with van der Waals surface area (Å²) in [6.45, 7) is 9.78. The van der Waals surface area contributed by atoms with E-state index in [2.05, 4.69) is 9.71 Å². The number of nitrogens with one attached hydrogen (secondary N) is 1. The first-order valence-corrected chi connectivity index (χ1v) is 10.3. The molecule has 2 rings (SSSR count). The Morgan fingerprint density at radius 1 is 1.11 bits per heavy atom. The second kappa shape index (κ2) is 8.10. The van der Waals surface area contributed by atoms with E-state index in [1.165, 1.54) is 31.5 Å². The van der Waals surface area contributed by atoms with Crippen LogP contribution in [0.15, 0.2) is 47.5 Å². The van der Waals surface area contributed by atoms with Crippen molar-refractivity contribution >= 4 is 28.3 Å². The van der Waals surface area contributed by atoms with Gasteiger partial charge in [-0.3, -0.25) is 4.72 Å². The maximum absolute atomic E-state index is 12.6. The molecule has 1 aromatic heterocycles. The van der Waals surface area contributed by atoms with E-state index in [1.54, 1.807) is 18.2 Å². The zero-order valence-corrected chi connectivity index (χ0v) is 17.9. The molecule has 7 nitrogen and oxygen atoms in total. The number of benzene rings is 1. The van der Waals surface area contributed by atoms with Crippen molar-refractivity contribution in [1.29, 1.82) is 0 Å². The van der Waals surface area contributed by atoms with Gasteiger partial charge in [0.1, 0.15) is 5.69 Å². The number of rotatable bonds is 7. The number of sulfonamides is 1. The quantitative estimate of drug-likeness (QED) is 0.686. The highest BCUT2D eigenvalue weighted by Gasteiger charge is 2.38. The molecule has 9 heteroatoms. The van der Waals surface area contributed by atoms with Gasteiger partial charge in [0, 0.05) is 11.7 Å². The van der Waals surface area contributed by atoms with Crippen molar-refractivity contribution in [2.45, 2.75) is 45.1 Å². The normalized spacial score (nSPS) is 12.5. The van der Waals surface area contributed by atoms with Gasteiger partial charge in [-0.15, -0.1) is 0 Å². The van der Waals surface area contributed by atoms with E-state index in [0.29, 0.717) is 5.46 Å². The van der Waals surface area contributed by atoms with Crippen LogP contribution in [0.4, 0.5) is 5.69 Å². The number of methoxy groups -OCH3 is 1. The van der Waals surface area contributed by atoms with Gasteiger partial charge in [0.2, 0.25) is 5.88 Å². The Balaban J connectivity index is 2.34. The molecule has 0 bridgehead atoms. The third-order valence-corrected chi connectivity index (χ3v) is 6.24. The molecule has 0 fully saturated rings. The van der Waals surface area contributed by atoms with E-state index >= 15 is 0 Å². The Morgan fingerprint density at radius 3 is 2.25 bits per heavy atom. The van der Waals surface area contributed by atoms with Crippen molar-refractivity contribution in [3.05, 3.63) is 42.6 Å². The van der Waals surface area contributed by atoms with Crippen molar-refractivity contribution in [1.82, 2.24) is 4.98 Å². The lowest BCUT2D eigenvalue weighted by atomic mass is 9.74. The third kappa shape index (κ3) is 5.04. The van der Waals surface area contributed by atoms with Crippen molar-refractivity contribution in [3.63, 3.8) is 0 Å². The predicted molar refractivity (Wildman–Crippen MR) is 110 cm³/mol. The molecule has 0 radical (unpaired) electrons. The molecule has 0 aliphatic rings. The van der Waals surface area contributed by atoms with E-state index in [1.807, 2.05) is 34.6 Å². The van der Waals surface area contributed by atoms with E-state index in [9.17, 15) is 13.4 Å². The molecule has 0 amide bonds. The van der Waals surface area contributed by atoms with Gasteiger partial charge in [-0.2, -0.15) is 0 Å². The summed E-state index contributed by atoms with van der Waals surface area (Å²) in [6, 6.07) is 9.41. The monoisotopic (exact) mass is 406 g/mol. The molecule has 0 aliphatic heterocycles. The van der Waals surface area contributed by atoms with Gasteiger partial charge in [-0.1, -0.05) is 39.0 Å². The van der Waals surface area contributed by atoms with Gasteiger partial charge >= 0.3 is 7.12 Å². The molecule has 0 saturated heterocycles. The predicted octanol–water partition coefficient (Wildman–Crippen LogP) is 2.42. The summed E-state index contributed by atoms with van der Waals surface area (Å²) in [5, 5.41) is 10.5. The lowest BCUT2D eigenvalue weighted by molar-refractivity contribution is -0.0129. The lowest BCUT2D eigenvalue weighted by Gasteiger charge is -2.40. The van der Waals surface area contributed by atoms with Crippen LogP contribution in [0.25, 0.3) is 0 Å². The molecule has 0 spiro atoms. The number of ether oxygens (including phenoxy) is 1. The second-order valence-corrected chi connectivity index (χ2v) is 9.66. The lowest BCUT2D eigenvalue weighted by Crippen LogP contribution is -2.48. The molecule has 28 heavy (non-hydrogen) atoms. The minimum Gasteiger partial charge on any atom is -0.480 e. The van der Waals surface area contributed by atoms with Gasteiger partial charge in [0.25, 0.3) is 10.0 Å². The second-order valence-electron chi connectivity index (χ2n) is 7.97. The molecule has 0 saturated carbocycles. The number of hydrogen-bond acceptors (Lipinski definition) is 6. The fraction of sp³-hybridized carbons (Fsp3) is 0.421. The van der Waals surface area contributed by atoms with Gasteiger partial charge in [-0.25, -0.2) is 13.4 Å². The smallest absolute Gasteiger partial charge is 0.480 e. The van der Waals surface area contributed by atoms with Crippen LogP contribution in [0.2, 0.25) is 0 Å². The summed E-state index contributed by atoms with van der Waals surface area (Å²) in [4.78, 5) is 4.20. The number of aromatic nitrogens is 1. The summed E-state index contributed by atoms with van der Waals surface area (Å²) >= 11 is 0. The van der Waals surface area contributed by atoms with Crippen LogP contribution in [0.1, 0.15) is 34.6 Å². The number of anilines is 1. The standard InChI is InChI=1S/C19H27BN2O5S/c1-18(2,3)19(4,5)27-20(23)14-12-16(17(26-6)21-13-14)22-28(24,25)15-10-8-7-9-11-15/h7-13,22-23H,1-6H3. The largest absolute Gasteiger partial charge is 0.493 e. The maximum Gasteiger partial charge on any atom is 0.493 e. The summed E-state index contributed by atoms with van der Waals surface area (Å²) in [5.41, 5.74) is -0.453. The van der Waals surface area contributed by atoms with Crippen LogP contribution in [0.3, 0.4) is 0 Å². The van der Waals surface area contributed by atoms with Crippen molar-refractivity contribution in [2.24, 2.45) is 5.41 Å². The molecule has 0 unspecified atom stereocenters. The fourth-order valence-corrected chi connectivity index (χ4v) is 3.24. The highest BCUT2D eigenvalue weighted by molar-refractivity contribution is 7.92. The zero-order chi connectivity index (χ0) is 21.2. The molecule has 1 aromatic carbocycles. The third-order valence-electron chi connectivity index (χ3n) is 4.86. The molecule has 0 aliphatic carbocycles. The molecular formula is C19H27BN2O5S. The molecule has 1 heterocycles. The van der Waals surface area contributed by atoms with Gasteiger partial charge in [0.15, 0.2) is 0 Å². The van der Waals surface area contributed by atoms with E-state index in [-0.39, 0.29) is 21.9 Å². The number of pyridine rings is 1. The van der Waals surface area contributed by atoms with Crippen LogP contribution >= 0.6 is 0 Å². The van der Waals surface area contributed by atoms with Crippen LogP contribution in [0, 0.1) is 5.41 Å². The van der Waals surface area contributed by atoms with Crippen LogP contribution < -0.4 is 14.9 Å². The summed E-state index contributed by atoms with van der Waals surface area (Å²) in [7, 11) is -3.74. The van der Waals surface area contributed by atoms with E-state index < -0.39 is 22.7 Å². The van der Waals surface area contributed by atoms with Gasteiger partial charge in [-0.05, 0) is 37.5 Å². The molecular weight excluding hydrogens is 379 g/mol. The Bertz CT molecular complexity index is 912. The fourth-order valence-electron chi connectivity index (χ4n) is 2.17. The van der Waals surface area contributed by atoms with Crippen molar-refractivity contribution < 1.29 is 22.8 Å². The minimum absolute atomic E-state index is 0.0885. The Kier molecular flexibility index (Phi) is 6.42. The number of nitrogens with zero attached hydrogens (tertiary/aromatic N) is 1. The van der Waals surface area contributed by atoms with Crippen molar-refractivity contribution in [2.75, 3.05) is 11.8 Å². The zero-order valence-electron chi connectivity index (χ0n) is 17.1. The summed E-state index contributed by atoms with van der Waals surface area (Å²) in [6.07, 6.45) is 1.39. The Labute approximate surface area is 167 Å². The highest BCUT2D eigenvalue weighted by Crippen LogP contribution is 2.33. The average molecular weight is 406 g/mol. The Morgan fingerprint density at radius 2 is 1.71 bits per heavy atom. The summed E-state index contributed by atoms with van der Waals surface area (Å²) in [5.74, 6) is 0.0885. The van der Waals surface area contributed by atoms with Crippen LogP contribution in [-0.2, 0) is 14.7 Å². The molecule has 152 valence electrons.